The maximum absolute atomic E-state index is 6.27. The Balaban J connectivity index is 1.87. The van der Waals surface area contributed by atoms with Crippen LogP contribution in [0.25, 0.3) is 0 Å². The molecule has 0 saturated carbocycles. The van der Waals surface area contributed by atoms with Gasteiger partial charge in [-0.3, -0.25) is 0 Å². The first-order valence-electron chi connectivity index (χ1n) is 7.41. The van der Waals surface area contributed by atoms with Crippen LogP contribution in [0.4, 0.5) is 0 Å². The van der Waals surface area contributed by atoms with Gasteiger partial charge in [0.2, 0.25) is 0 Å². The average molecular weight is 315 g/mol. The lowest BCUT2D eigenvalue weighted by molar-refractivity contribution is 0.292. The highest BCUT2D eigenvalue weighted by molar-refractivity contribution is 6.42. The molecule has 1 aliphatic heterocycles. The van der Waals surface area contributed by atoms with Gasteiger partial charge in [-0.2, -0.15) is 0 Å². The molecule has 2 unspecified atom stereocenters. The van der Waals surface area contributed by atoms with E-state index in [1.807, 2.05) is 12.1 Å². The summed E-state index contributed by atoms with van der Waals surface area (Å²) in [5.74, 6) is 1.61. The summed E-state index contributed by atoms with van der Waals surface area (Å²) >= 11 is 12.3. The van der Waals surface area contributed by atoms with Gasteiger partial charge in [0.25, 0.3) is 0 Å². The predicted molar refractivity (Wildman–Crippen MR) is 87.4 cm³/mol. The van der Waals surface area contributed by atoms with Gasteiger partial charge < -0.3 is 10.6 Å². The van der Waals surface area contributed by atoms with E-state index in [2.05, 4.69) is 18.7 Å². The Morgan fingerprint density at radius 1 is 1.35 bits per heavy atom. The lowest BCUT2D eigenvalue weighted by atomic mass is 9.95. The van der Waals surface area contributed by atoms with Crippen molar-refractivity contribution in [1.82, 2.24) is 4.90 Å². The molecule has 2 nitrogen and oxygen atoms in total. The Morgan fingerprint density at radius 2 is 2.10 bits per heavy atom. The third-order valence-corrected chi connectivity index (χ3v) is 5.22. The fraction of sp³-hybridized carbons (Fsp3) is 0.625. The quantitative estimate of drug-likeness (QED) is 0.874. The molecular weight excluding hydrogens is 291 g/mol. The Bertz CT molecular complexity index is 448. The van der Waals surface area contributed by atoms with Crippen molar-refractivity contribution in [3.8, 4) is 0 Å². The molecule has 1 saturated heterocycles. The molecule has 4 heteroatoms. The Hall–Kier alpha value is -0.280. The minimum atomic E-state index is -0.0423. The monoisotopic (exact) mass is 314 g/mol. The smallest absolute Gasteiger partial charge is 0.0640 e. The standard InChI is InChI=1S/C16H24Cl2N2/c1-11(2)12-6-8-20(10-12)9-7-15(19)13-4-3-5-14(17)16(13)18/h3-5,11-12,15H,6-10,19H2,1-2H3. The summed E-state index contributed by atoms with van der Waals surface area (Å²) in [6.45, 7) is 8.05. The average Bonchev–Trinajstić information content (AvgIpc) is 2.88. The van der Waals surface area contributed by atoms with Gasteiger partial charge in [0.15, 0.2) is 0 Å². The molecule has 1 heterocycles. The third kappa shape index (κ3) is 3.88. The first kappa shape index (κ1) is 16.1. The molecule has 0 amide bonds. The number of hydrogen-bond donors (Lipinski definition) is 1. The second kappa shape index (κ2) is 7.13. The number of nitrogens with zero attached hydrogens (tertiary/aromatic N) is 1. The molecule has 0 aliphatic carbocycles. The zero-order chi connectivity index (χ0) is 14.7. The first-order chi connectivity index (χ1) is 9.49. The van der Waals surface area contributed by atoms with Gasteiger partial charge >= 0.3 is 0 Å². The highest BCUT2D eigenvalue weighted by atomic mass is 35.5. The molecule has 0 radical (unpaired) electrons. The molecule has 0 spiro atoms. The maximum Gasteiger partial charge on any atom is 0.0640 e. The molecule has 1 aromatic carbocycles. The van der Waals surface area contributed by atoms with Crippen LogP contribution in [0.1, 0.15) is 38.3 Å². The van der Waals surface area contributed by atoms with Crippen LogP contribution < -0.4 is 5.73 Å². The Kier molecular flexibility index (Phi) is 5.74. The largest absolute Gasteiger partial charge is 0.324 e. The van der Waals surface area contributed by atoms with E-state index >= 15 is 0 Å². The van der Waals surface area contributed by atoms with Crippen molar-refractivity contribution < 1.29 is 0 Å². The number of nitrogens with two attached hydrogens (primary N) is 1. The molecule has 1 aromatic rings. The SMILES string of the molecule is CC(C)C1CCN(CCC(N)c2cccc(Cl)c2Cl)C1. The van der Waals surface area contributed by atoms with Crippen molar-refractivity contribution in [2.45, 2.75) is 32.7 Å². The van der Waals surface area contributed by atoms with Crippen LogP contribution in [0.5, 0.6) is 0 Å². The molecule has 2 N–H and O–H groups in total. The predicted octanol–water partition coefficient (Wildman–Crippen LogP) is 4.36. The summed E-state index contributed by atoms with van der Waals surface area (Å²) in [6, 6.07) is 5.64. The molecule has 1 aliphatic rings. The summed E-state index contributed by atoms with van der Waals surface area (Å²) in [6.07, 6.45) is 2.23. The molecule has 2 atom stereocenters. The van der Waals surface area contributed by atoms with Crippen LogP contribution in [-0.2, 0) is 0 Å². The normalized spacial score (nSPS) is 21.6. The van der Waals surface area contributed by atoms with Crippen LogP contribution >= 0.6 is 23.2 Å². The molecular formula is C16H24Cl2N2. The van der Waals surface area contributed by atoms with E-state index in [1.165, 1.54) is 19.5 Å². The second-order valence-corrected chi connectivity index (χ2v) is 6.92. The summed E-state index contributed by atoms with van der Waals surface area (Å²) < 4.78 is 0. The first-order valence-corrected chi connectivity index (χ1v) is 8.16. The van der Waals surface area contributed by atoms with Gasteiger partial charge in [-0.15, -0.1) is 0 Å². The Labute approximate surface area is 132 Å². The van der Waals surface area contributed by atoms with Crippen molar-refractivity contribution in [2.24, 2.45) is 17.6 Å². The van der Waals surface area contributed by atoms with Crippen LogP contribution in [0.15, 0.2) is 18.2 Å². The number of rotatable bonds is 5. The van der Waals surface area contributed by atoms with E-state index in [0.717, 1.165) is 30.4 Å². The van der Waals surface area contributed by atoms with E-state index in [9.17, 15) is 0 Å². The lowest BCUT2D eigenvalue weighted by Gasteiger charge is -2.21. The van der Waals surface area contributed by atoms with E-state index in [1.54, 1.807) is 6.07 Å². The summed E-state index contributed by atoms with van der Waals surface area (Å²) in [4.78, 5) is 2.52. The van der Waals surface area contributed by atoms with Gasteiger partial charge in [-0.25, -0.2) is 0 Å². The molecule has 0 bridgehead atoms. The van der Waals surface area contributed by atoms with E-state index in [-0.39, 0.29) is 6.04 Å². The highest BCUT2D eigenvalue weighted by Crippen LogP contribution is 2.31. The van der Waals surface area contributed by atoms with E-state index in [0.29, 0.717) is 10.0 Å². The van der Waals surface area contributed by atoms with Gasteiger partial charge in [0.1, 0.15) is 0 Å². The fourth-order valence-electron chi connectivity index (χ4n) is 2.89. The van der Waals surface area contributed by atoms with Crippen LogP contribution in [0.3, 0.4) is 0 Å². The number of hydrogen-bond acceptors (Lipinski definition) is 2. The Morgan fingerprint density at radius 3 is 2.75 bits per heavy atom. The highest BCUT2D eigenvalue weighted by Gasteiger charge is 2.25. The van der Waals surface area contributed by atoms with E-state index < -0.39 is 0 Å². The van der Waals surface area contributed by atoms with Crippen molar-refractivity contribution >= 4 is 23.2 Å². The van der Waals surface area contributed by atoms with Crippen LogP contribution in [0.2, 0.25) is 10.0 Å². The van der Waals surface area contributed by atoms with Gasteiger partial charge in [-0.1, -0.05) is 49.2 Å². The summed E-state index contributed by atoms with van der Waals surface area (Å²) in [7, 11) is 0. The molecule has 1 fully saturated rings. The molecule has 2 rings (SSSR count). The topological polar surface area (TPSA) is 29.3 Å². The minimum Gasteiger partial charge on any atom is -0.324 e. The van der Waals surface area contributed by atoms with E-state index in [4.69, 9.17) is 28.9 Å². The van der Waals surface area contributed by atoms with Crippen LogP contribution in [0, 0.1) is 11.8 Å². The number of benzene rings is 1. The maximum atomic E-state index is 6.27. The van der Waals surface area contributed by atoms with Gasteiger partial charge in [0.05, 0.1) is 10.0 Å². The zero-order valence-electron chi connectivity index (χ0n) is 12.3. The van der Waals surface area contributed by atoms with Crippen molar-refractivity contribution in [2.75, 3.05) is 19.6 Å². The minimum absolute atomic E-state index is 0.0423. The molecule has 0 aromatic heterocycles. The third-order valence-electron chi connectivity index (χ3n) is 4.39. The second-order valence-electron chi connectivity index (χ2n) is 6.13. The number of halogens is 2. The van der Waals surface area contributed by atoms with Gasteiger partial charge in [-0.05, 0) is 49.4 Å². The summed E-state index contributed by atoms with van der Waals surface area (Å²) in [5, 5.41) is 1.18. The zero-order valence-corrected chi connectivity index (χ0v) is 13.8. The van der Waals surface area contributed by atoms with Crippen molar-refractivity contribution in [1.29, 1.82) is 0 Å². The molecule has 20 heavy (non-hydrogen) atoms. The lowest BCUT2D eigenvalue weighted by Crippen LogP contribution is -2.26. The van der Waals surface area contributed by atoms with Gasteiger partial charge in [0, 0.05) is 12.6 Å². The summed E-state index contributed by atoms with van der Waals surface area (Å²) in [5.41, 5.74) is 7.22. The van der Waals surface area contributed by atoms with Crippen molar-refractivity contribution in [3.05, 3.63) is 33.8 Å². The van der Waals surface area contributed by atoms with Crippen LogP contribution in [-0.4, -0.2) is 24.5 Å². The molecule has 112 valence electrons. The van der Waals surface area contributed by atoms with Crippen molar-refractivity contribution in [3.63, 3.8) is 0 Å². The fourth-order valence-corrected chi connectivity index (χ4v) is 3.34. The number of likely N-dealkylation sites (tertiary alicyclic amines) is 1.